The summed E-state index contributed by atoms with van der Waals surface area (Å²) in [5, 5.41) is 0. The summed E-state index contributed by atoms with van der Waals surface area (Å²) in [5.74, 6) is 7.43. The van der Waals surface area contributed by atoms with Gasteiger partial charge in [-0.2, -0.15) is 0 Å². The van der Waals surface area contributed by atoms with Gasteiger partial charge in [0.1, 0.15) is 0 Å². The van der Waals surface area contributed by atoms with Gasteiger partial charge in [-0.15, -0.1) is 0 Å². The van der Waals surface area contributed by atoms with Gasteiger partial charge in [-0.05, 0) is 79.0 Å². The van der Waals surface area contributed by atoms with E-state index in [1.54, 1.807) is 57.7 Å². The fourth-order valence-electron chi connectivity index (χ4n) is 5.02. The third-order valence-corrected chi connectivity index (χ3v) is 7.56. The molecule has 41 heavy (non-hydrogen) atoms. The molecule has 0 aromatic heterocycles. The summed E-state index contributed by atoms with van der Waals surface area (Å²) in [6, 6.07) is 14.0. The molecule has 3 aromatic rings. The van der Waals surface area contributed by atoms with E-state index in [0.717, 1.165) is 26.7 Å². The van der Waals surface area contributed by atoms with Crippen molar-refractivity contribution in [2.24, 2.45) is 0 Å². The average Bonchev–Trinajstić information content (AvgIpc) is 3.23. The zero-order chi connectivity index (χ0) is 29.5. The predicted molar refractivity (Wildman–Crippen MR) is 160 cm³/mol. The SMILES string of the molecule is COc1cc2c(c(OC)c1OC)-c1ccc(OC)c(=O)cc1C(N(C)CC#CCOC(=O)c1ccc(Br)cc1)CC2. The first-order valence-electron chi connectivity index (χ1n) is 13.0. The van der Waals surface area contributed by atoms with Gasteiger partial charge >= 0.3 is 5.97 Å². The number of aryl methyl sites for hydroxylation is 1. The molecule has 0 fully saturated rings. The highest BCUT2D eigenvalue weighted by Gasteiger charge is 2.30. The van der Waals surface area contributed by atoms with Gasteiger partial charge in [-0.25, -0.2) is 4.79 Å². The van der Waals surface area contributed by atoms with Crippen molar-refractivity contribution < 1.29 is 28.5 Å². The minimum Gasteiger partial charge on any atom is -0.493 e. The second kappa shape index (κ2) is 13.6. The Balaban J connectivity index is 1.65. The van der Waals surface area contributed by atoms with Crippen molar-refractivity contribution in [2.45, 2.75) is 18.9 Å². The summed E-state index contributed by atoms with van der Waals surface area (Å²) >= 11 is 3.35. The fraction of sp³-hybridized carbons (Fsp3) is 0.312. The molecule has 1 aliphatic carbocycles. The van der Waals surface area contributed by atoms with Crippen LogP contribution in [-0.4, -0.2) is 59.5 Å². The van der Waals surface area contributed by atoms with Crippen LogP contribution < -0.4 is 24.4 Å². The summed E-state index contributed by atoms with van der Waals surface area (Å²) < 4.78 is 28.7. The number of carbonyl (C=O) groups is 1. The highest BCUT2D eigenvalue weighted by Crippen LogP contribution is 2.50. The first-order chi connectivity index (χ1) is 19.8. The van der Waals surface area contributed by atoms with Crippen molar-refractivity contribution in [3.8, 4) is 46.0 Å². The van der Waals surface area contributed by atoms with Gasteiger partial charge in [0, 0.05) is 16.1 Å². The van der Waals surface area contributed by atoms with Gasteiger partial charge < -0.3 is 23.7 Å². The van der Waals surface area contributed by atoms with Crippen LogP contribution in [0.5, 0.6) is 23.0 Å². The second-order valence-corrected chi connectivity index (χ2v) is 10.3. The van der Waals surface area contributed by atoms with E-state index in [1.807, 2.05) is 19.2 Å². The Morgan fingerprint density at radius 2 is 1.63 bits per heavy atom. The smallest absolute Gasteiger partial charge is 0.339 e. The van der Waals surface area contributed by atoms with E-state index in [1.165, 1.54) is 7.11 Å². The van der Waals surface area contributed by atoms with Crippen LogP contribution in [0.25, 0.3) is 11.1 Å². The van der Waals surface area contributed by atoms with E-state index in [0.29, 0.717) is 42.2 Å². The number of carbonyl (C=O) groups excluding carboxylic acids is 1. The normalized spacial score (nSPS) is 13.6. The third-order valence-electron chi connectivity index (χ3n) is 7.03. The van der Waals surface area contributed by atoms with Crippen molar-refractivity contribution in [1.82, 2.24) is 4.90 Å². The quantitative estimate of drug-likeness (QED) is 0.248. The number of benzene rings is 2. The molecule has 0 saturated heterocycles. The number of ether oxygens (including phenoxy) is 5. The number of esters is 1. The zero-order valence-corrected chi connectivity index (χ0v) is 25.3. The lowest BCUT2D eigenvalue weighted by Gasteiger charge is -2.26. The molecule has 9 heteroatoms. The predicted octanol–water partition coefficient (Wildman–Crippen LogP) is 5.29. The molecule has 0 saturated carbocycles. The maximum atomic E-state index is 13.1. The Morgan fingerprint density at radius 3 is 2.29 bits per heavy atom. The highest BCUT2D eigenvalue weighted by atomic mass is 79.9. The molecule has 0 radical (unpaired) electrons. The van der Waals surface area contributed by atoms with Crippen molar-refractivity contribution in [3.63, 3.8) is 0 Å². The van der Waals surface area contributed by atoms with Gasteiger partial charge in [0.25, 0.3) is 0 Å². The van der Waals surface area contributed by atoms with E-state index in [9.17, 15) is 9.59 Å². The molecule has 0 amide bonds. The van der Waals surface area contributed by atoms with E-state index < -0.39 is 5.97 Å². The van der Waals surface area contributed by atoms with Crippen LogP contribution in [-0.2, 0) is 11.2 Å². The van der Waals surface area contributed by atoms with E-state index in [-0.39, 0.29) is 23.8 Å². The molecule has 0 heterocycles. The summed E-state index contributed by atoms with van der Waals surface area (Å²) in [5.41, 5.74) is 3.76. The Bertz CT molecular complexity index is 1540. The van der Waals surface area contributed by atoms with Gasteiger partial charge in [0.2, 0.25) is 11.2 Å². The van der Waals surface area contributed by atoms with Gasteiger partial charge in [-0.1, -0.05) is 33.8 Å². The van der Waals surface area contributed by atoms with Crippen molar-refractivity contribution >= 4 is 21.9 Å². The van der Waals surface area contributed by atoms with Crippen molar-refractivity contribution in [2.75, 3.05) is 48.6 Å². The maximum Gasteiger partial charge on any atom is 0.339 e. The van der Waals surface area contributed by atoms with Crippen LogP contribution in [0.15, 0.2) is 57.8 Å². The highest BCUT2D eigenvalue weighted by molar-refractivity contribution is 9.10. The maximum absolute atomic E-state index is 13.1. The largest absolute Gasteiger partial charge is 0.493 e. The number of hydrogen-bond donors (Lipinski definition) is 0. The number of rotatable bonds is 8. The lowest BCUT2D eigenvalue weighted by atomic mass is 9.95. The molecule has 3 aromatic carbocycles. The molecular formula is C32H32BrNO7. The molecule has 8 nitrogen and oxygen atoms in total. The van der Waals surface area contributed by atoms with E-state index in [2.05, 4.69) is 32.7 Å². The molecule has 0 bridgehead atoms. The van der Waals surface area contributed by atoms with Gasteiger partial charge in [-0.3, -0.25) is 9.69 Å². The monoisotopic (exact) mass is 621 g/mol. The third kappa shape index (κ3) is 6.50. The molecule has 1 atom stereocenters. The standard InChI is InChI=1S/C32H32BrNO7/c1-34(16-6-7-17-41-32(36)20-8-11-22(33)12-9-20)25-14-10-21-18-28(38-3)30(39-4)31(40-5)29(21)23-13-15-27(37-2)26(35)19-24(23)25/h8-9,11-13,15,18-19,25H,10,14,16-17H2,1-5H3. The van der Waals surface area contributed by atoms with Gasteiger partial charge in [0.05, 0.1) is 40.5 Å². The summed E-state index contributed by atoms with van der Waals surface area (Å²) in [6.45, 7) is 0.368. The fourth-order valence-corrected chi connectivity index (χ4v) is 5.28. The summed E-state index contributed by atoms with van der Waals surface area (Å²) in [4.78, 5) is 27.4. The Kier molecular flexibility index (Phi) is 9.92. The molecular weight excluding hydrogens is 590 g/mol. The lowest BCUT2D eigenvalue weighted by Crippen LogP contribution is -2.26. The molecule has 1 aliphatic rings. The van der Waals surface area contributed by atoms with Gasteiger partial charge in [0.15, 0.2) is 23.9 Å². The molecule has 0 aliphatic heterocycles. The number of methoxy groups -OCH3 is 4. The summed E-state index contributed by atoms with van der Waals surface area (Å²) in [6.07, 6.45) is 1.41. The van der Waals surface area contributed by atoms with Crippen LogP contribution in [0.4, 0.5) is 0 Å². The topological polar surface area (TPSA) is 83.5 Å². The Morgan fingerprint density at radius 1 is 0.927 bits per heavy atom. The van der Waals surface area contributed by atoms with Crippen LogP contribution in [0.2, 0.25) is 0 Å². The molecule has 4 rings (SSSR count). The van der Waals surface area contributed by atoms with E-state index >= 15 is 0 Å². The van der Waals surface area contributed by atoms with Crippen molar-refractivity contribution in [3.05, 3.63) is 79.9 Å². The minimum absolute atomic E-state index is 0.0247. The van der Waals surface area contributed by atoms with Crippen molar-refractivity contribution in [1.29, 1.82) is 0 Å². The first-order valence-corrected chi connectivity index (χ1v) is 13.7. The van der Waals surface area contributed by atoms with Crippen LogP contribution in [0.1, 0.15) is 33.9 Å². The Labute approximate surface area is 248 Å². The number of fused-ring (bicyclic) bond motifs is 3. The molecule has 0 N–H and O–H groups in total. The average molecular weight is 623 g/mol. The Hall–Kier alpha value is -4.00. The zero-order valence-electron chi connectivity index (χ0n) is 23.7. The first kappa shape index (κ1) is 30.0. The molecule has 214 valence electrons. The van der Waals surface area contributed by atoms with Crippen LogP contribution in [0, 0.1) is 11.8 Å². The lowest BCUT2D eigenvalue weighted by molar-refractivity contribution is 0.0556. The number of hydrogen-bond acceptors (Lipinski definition) is 8. The van der Waals surface area contributed by atoms with Crippen LogP contribution in [0.3, 0.4) is 0 Å². The molecule has 0 spiro atoms. The number of nitrogens with zero attached hydrogens (tertiary/aromatic N) is 1. The summed E-state index contributed by atoms with van der Waals surface area (Å²) in [7, 11) is 8.19. The van der Waals surface area contributed by atoms with Crippen LogP contribution >= 0.6 is 15.9 Å². The van der Waals surface area contributed by atoms with E-state index in [4.69, 9.17) is 23.7 Å². The minimum atomic E-state index is -0.431. The second-order valence-electron chi connectivity index (χ2n) is 9.36. The number of halogens is 1. The molecule has 1 unspecified atom stereocenters.